The third kappa shape index (κ3) is 10.5. The number of fused-ring (bicyclic) bond motifs is 6. The van der Waals surface area contributed by atoms with Crippen molar-refractivity contribution in [3.63, 3.8) is 0 Å². The molecule has 358 valence electrons. The van der Waals surface area contributed by atoms with E-state index in [1.165, 1.54) is 35.3 Å². The molecule has 0 unspecified atom stereocenters. The number of ether oxygens (including phenoxy) is 2. The Bertz CT molecular complexity index is 2730. The van der Waals surface area contributed by atoms with Crippen molar-refractivity contribution in [3.05, 3.63) is 108 Å². The van der Waals surface area contributed by atoms with Crippen molar-refractivity contribution in [2.45, 2.75) is 98.0 Å². The summed E-state index contributed by atoms with van der Waals surface area (Å²) in [4.78, 5) is 79.1. The van der Waals surface area contributed by atoms with Crippen LogP contribution in [0.15, 0.2) is 85.7 Å². The highest BCUT2D eigenvalue weighted by atomic mass is 16.5. The van der Waals surface area contributed by atoms with Crippen molar-refractivity contribution in [2.24, 2.45) is 11.3 Å². The van der Waals surface area contributed by atoms with E-state index in [4.69, 9.17) is 14.5 Å². The van der Waals surface area contributed by atoms with E-state index in [1.807, 2.05) is 25.1 Å². The Morgan fingerprint density at radius 2 is 1.85 bits per heavy atom. The van der Waals surface area contributed by atoms with Gasteiger partial charge in [0.25, 0.3) is 11.8 Å². The number of rotatable bonds is 11. The molecule has 5 heterocycles. The van der Waals surface area contributed by atoms with Crippen LogP contribution < -0.4 is 16.1 Å². The molecule has 0 spiro atoms. The Labute approximate surface area is 397 Å². The molecule has 16 nitrogen and oxygen atoms in total. The molecule has 16 heteroatoms. The Morgan fingerprint density at radius 3 is 2.54 bits per heavy atom. The average molecular weight is 927 g/mol. The van der Waals surface area contributed by atoms with Crippen molar-refractivity contribution >= 4 is 46.2 Å². The number of nitrogens with zero attached hydrogens (tertiary/aromatic N) is 5. The predicted molar refractivity (Wildman–Crippen MR) is 259 cm³/mol. The zero-order valence-electron chi connectivity index (χ0n) is 40.1. The summed E-state index contributed by atoms with van der Waals surface area (Å²) in [5, 5.41) is 19.2. The fourth-order valence-corrected chi connectivity index (χ4v) is 9.34. The number of anilines is 1. The van der Waals surface area contributed by atoms with E-state index in [0.717, 1.165) is 45.1 Å². The van der Waals surface area contributed by atoms with Crippen LogP contribution in [0.1, 0.15) is 87.8 Å². The molecule has 4 amide bonds. The van der Waals surface area contributed by atoms with Gasteiger partial charge in [0.15, 0.2) is 0 Å². The number of benzene rings is 2. The van der Waals surface area contributed by atoms with Gasteiger partial charge in [-0.3, -0.25) is 34.0 Å². The normalized spacial score (nSPS) is 18.3. The molecule has 1 saturated heterocycles. The van der Waals surface area contributed by atoms with E-state index in [-0.39, 0.29) is 37.1 Å². The second-order valence-corrected chi connectivity index (χ2v) is 18.8. The van der Waals surface area contributed by atoms with Gasteiger partial charge in [0, 0.05) is 61.7 Å². The number of hydrogen-bond donors (Lipinski definition) is 4. The van der Waals surface area contributed by atoms with Gasteiger partial charge < -0.3 is 34.7 Å². The molecule has 4 N–H and O–H groups in total. The highest BCUT2D eigenvalue weighted by Gasteiger charge is 2.38. The van der Waals surface area contributed by atoms with Gasteiger partial charge in [-0.15, -0.1) is 0 Å². The number of amides is 4. The van der Waals surface area contributed by atoms with Crippen LogP contribution in [0, 0.1) is 11.3 Å². The number of methoxy groups -OCH3 is 1. The highest BCUT2D eigenvalue weighted by Crippen LogP contribution is 2.42. The monoisotopic (exact) mass is 926 g/mol. The summed E-state index contributed by atoms with van der Waals surface area (Å²) < 4.78 is 14.2. The second kappa shape index (κ2) is 20.5. The van der Waals surface area contributed by atoms with E-state index in [0.29, 0.717) is 42.6 Å². The van der Waals surface area contributed by atoms with Gasteiger partial charge in [0.1, 0.15) is 29.6 Å². The summed E-state index contributed by atoms with van der Waals surface area (Å²) in [7, 11) is 3.16. The van der Waals surface area contributed by atoms with E-state index in [1.54, 1.807) is 39.3 Å². The van der Waals surface area contributed by atoms with Crippen molar-refractivity contribution in [3.8, 4) is 28.1 Å². The van der Waals surface area contributed by atoms with Gasteiger partial charge in [-0.25, -0.2) is 10.4 Å². The first-order valence-corrected chi connectivity index (χ1v) is 23.1. The largest absolute Gasteiger partial charge is 0.508 e. The van der Waals surface area contributed by atoms with Crippen LogP contribution in [-0.4, -0.2) is 105 Å². The minimum Gasteiger partial charge on any atom is -0.508 e. The molecule has 1 fully saturated rings. The van der Waals surface area contributed by atoms with Crippen molar-refractivity contribution in [1.82, 2.24) is 35.2 Å². The van der Waals surface area contributed by atoms with E-state index < -0.39 is 59.1 Å². The maximum atomic E-state index is 14.7. The Balaban J connectivity index is 1.30. The first-order chi connectivity index (χ1) is 32.4. The molecule has 4 atom stereocenters. The number of esters is 1. The van der Waals surface area contributed by atoms with Crippen LogP contribution in [0.4, 0.5) is 5.69 Å². The third-order valence-electron chi connectivity index (χ3n) is 12.8. The topological polar surface area (TPSA) is 197 Å². The van der Waals surface area contributed by atoms with Crippen LogP contribution in [0.25, 0.3) is 33.3 Å². The molecule has 2 aromatic carbocycles. The third-order valence-corrected chi connectivity index (χ3v) is 12.8. The molecule has 2 aliphatic rings. The predicted octanol–water partition coefficient (Wildman–Crippen LogP) is 6.77. The smallest absolute Gasteiger partial charge is 0.324 e. The van der Waals surface area contributed by atoms with Gasteiger partial charge in [0.05, 0.1) is 36.0 Å². The molecule has 0 saturated carbocycles. The van der Waals surface area contributed by atoms with Crippen LogP contribution >= 0.6 is 0 Å². The molecular weight excluding hydrogens is 865 g/mol. The van der Waals surface area contributed by atoms with Crippen molar-refractivity contribution in [1.29, 1.82) is 0 Å². The first kappa shape index (κ1) is 49.0. The SMILES string of the molecule is C=CC(=O)Nc1ccc(C(=O)N(C)[C@H](C(=O)N[C@H]2Cc3cc(O)cc(c3)-c3ccc4c(c3)c(c(-c3cccnc3[C@H](C)OC)n4CC)CC(C)(C)COC(=O)[C@@H]3CCCN(N3)C2=O)C(C)C)nc1. The number of nitrogens with one attached hydrogen (secondary N) is 3. The second-order valence-electron chi connectivity index (χ2n) is 18.8. The lowest BCUT2D eigenvalue weighted by Crippen LogP contribution is -2.62. The summed E-state index contributed by atoms with van der Waals surface area (Å²) >= 11 is 0. The fraction of sp³-hybridized carbons (Fsp3) is 0.404. The molecule has 7 rings (SSSR count). The Morgan fingerprint density at radius 1 is 1.07 bits per heavy atom. The Kier molecular flexibility index (Phi) is 14.8. The number of likely N-dealkylation sites (N-methyl/N-ethyl adjacent to an activating group) is 1. The number of cyclic esters (lactones) is 1. The molecule has 5 aromatic rings. The molecule has 6 bridgehead atoms. The van der Waals surface area contributed by atoms with Crippen LogP contribution in [0.5, 0.6) is 5.75 Å². The standard InChI is InChI=1S/C52H62N8O8/c1-10-44(62)55-35-17-18-40(54-28-35)49(64)58(8)46(30(3)4)48(63)56-42-24-32-22-34(25-36(61)23-32)33-16-19-43-38(26-33)39(47(59(43)11-2)37-14-12-20-53-45(37)31(5)67-9)27-52(6,7)29-68-51(66)41-15-13-21-60(57-41)50(42)65/h10,12,14,16-20,22-23,25-26,28,30-31,41-42,46,57,61H,1,11,13,15,21,24,27,29H2,2-9H3,(H,55,62)(H,56,63)/t31-,41-,42-,46-/m0/s1. The summed E-state index contributed by atoms with van der Waals surface area (Å²) in [5.74, 6) is -3.02. The van der Waals surface area contributed by atoms with Crippen LogP contribution in [0.2, 0.25) is 0 Å². The molecule has 68 heavy (non-hydrogen) atoms. The molecule has 2 aliphatic heterocycles. The fourth-order valence-electron chi connectivity index (χ4n) is 9.34. The quantitative estimate of drug-likeness (QED) is 0.0806. The minimum absolute atomic E-state index is 0.0295. The zero-order valence-corrected chi connectivity index (χ0v) is 40.1. The number of carbonyl (C=O) groups is 5. The number of phenols is 1. The number of hydrogen-bond acceptors (Lipinski definition) is 11. The first-order valence-electron chi connectivity index (χ1n) is 23.1. The van der Waals surface area contributed by atoms with Crippen LogP contribution in [0.3, 0.4) is 0 Å². The summed E-state index contributed by atoms with van der Waals surface area (Å²) in [6.45, 7) is 16.2. The molecule has 3 aromatic heterocycles. The van der Waals surface area contributed by atoms with E-state index in [2.05, 4.69) is 71.2 Å². The van der Waals surface area contributed by atoms with Crippen LogP contribution in [-0.2, 0) is 48.0 Å². The lowest BCUT2D eigenvalue weighted by Gasteiger charge is -2.36. The number of phenolic OH excluding ortho intramolecular Hbond substituents is 1. The lowest BCUT2D eigenvalue weighted by atomic mass is 9.84. The summed E-state index contributed by atoms with van der Waals surface area (Å²) in [6.07, 6.45) is 5.33. The Hall–Kier alpha value is -6.91. The molecular formula is C52H62N8O8. The number of hydrazine groups is 1. The van der Waals surface area contributed by atoms with E-state index >= 15 is 0 Å². The van der Waals surface area contributed by atoms with Gasteiger partial charge >= 0.3 is 5.97 Å². The number of aromatic nitrogens is 3. The van der Waals surface area contributed by atoms with Gasteiger partial charge in [-0.05, 0) is 116 Å². The number of carbonyl (C=O) groups excluding carboxylic acids is 5. The van der Waals surface area contributed by atoms with Crippen molar-refractivity contribution < 1.29 is 38.6 Å². The summed E-state index contributed by atoms with van der Waals surface area (Å²) in [5.41, 5.74) is 9.80. The van der Waals surface area contributed by atoms with Crippen molar-refractivity contribution in [2.75, 3.05) is 32.6 Å². The average Bonchev–Trinajstić information content (AvgIpc) is 3.63. The molecule has 0 aliphatic carbocycles. The van der Waals surface area contributed by atoms with Gasteiger partial charge in [-0.2, -0.15) is 0 Å². The summed E-state index contributed by atoms with van der Waals surface area (Å²) in [6, 6.07) is 15.2. The van der Waals surface area contributed by atoms with Gasteiger partial charge in [-0.1, -0.05) is 46.4 Å². The number of pyridine rings is 2. The molecule has 0 radical (unpaired) electrons. The maximum Gasteiger partial charge on any atom is 0.324 e. The number of aryl methyl sites for hydroxylation is 1. The highest BCUT2D eigenvalue weighted by molar-refractivity contribution is 6.00. The van der Waals surface area contributed by atoms with Gasteiger partial charge in [0.2, 0.25) is 11.8 Å². The van der Waals surface area contributed by atoms with E-state index in [9.17, 15) is 29.1 Å². The maximum absolute atomic E-state index is 14.7. The lowest BCUT2D eigenvalue weighted by molar-refractivity contribution is -0.155. The minimum atomic E-state index is -1.20. The number of aromatic hydroxyl groups is 1. The zero-order chi connectivity index (χ0) is 49.0.